The normalized spacial score (nSPS) is 25.2. The second-order valence-electron chi connectivity index (χ2n) is 3.53. The second kappa shape index (κ2) is 4.63. The van der Waals surface area contributed by atoms with Crippen LogP contribution in [0.15, 0.2) is 0 Å². The van der Waals surface area contributed by atoms with Crippen molar-refractivity contribution in [3.05, 3.63) is 0 Å². The summed E-state index contributed by atoms with van der Waals surface area (Å²) in [5.74, 6) is -0.618. The van der Waals surface area contributed by atoms with E-state index in [0.717, 1.165) is 0 Å². The van der Waals surface area contributed by atoms with Gasteiger partial charge in [0.15, 0.2) is 12.2 Å². The number of hydrogen-bond donors (Lipinski definition) is 1. The summed E-state index contributed by atoms with van der Waals surface area (Å²) in [5.41, 5.74) is 0. The van der Waals surface area contributed by atoms with E-state index < -0.39 is 19.3 Å². The summed E-state index contributed by atoms with van der Waals surface area (Å²) in [4.78, 5) is 24.4. The van der Waals surface area contributed by atoms with E-state index in [1.54, 1.807) is 20.9 Å². The van der Waals surface area contributed by atoms with E-state index in [0.29, 0.717) is 0 Å². The minimum absolute atomic E-state index is 0.270. The first-order chi connectivity index (χ1) is 6.97. The van der Waals surface area contributed by atoms with Crippen molar-refractivity contribution in [2.45, 2.75) is 19.0 Å². The van der Waals surface area contributed by atoms with E-state index in [1.807, 2.05) is 0 Å². The topological polar surface area (TPSA) is 67.9 Å². The Labute approximate surface area is 89.0 Å². The van der Waals surface area contributed by atoms with Gasteiger partial charge >= 0.3 is 7.12 Å². The van der Waals surface area contributed by atoms with Crippen LogP contribution >= 0.6 is 0 Å². The van der Waals surface area contributed by atoms with E-state index in [4.69, 9.17) is 9.31 Å². The molecule has 2 unspecified atom stereocenters. The molecule has 1 fully saturated rings. The van der Waals surface area contributed by atoms with Crippen LogP contribution in [-0.4, -0.2) is 57.2 Å². The van der Waals surface area contributed by atoms with Crippen LogP contribution in [0.2, 0.25) is 6.82 Å². The first kappa shape index (κ1) is 12.0. The number of carbonyl (C=O) groups is 2. The van der Waals surface area contributed by atoms with Crippen LogP contribution in [0.4, 0.5) is 0 Å². The lowest BCUT2D eigenvalue weighted by molar-refractivity contribution is -0.142. The first-order valence-electron chi connectivity index (χ1n) is 4.71. The van der Waals surface area contributed by atoms with Crippen molar-refractivity contribution in [1.82, 2.24) is 10.2 Å². The highest BCUT2D eigenvalue weighted by atomic mass is 16.7. The van der Waals surface area contributed by atoms with Gasteiger partial charge in [-0.1, -0.05) is 0 Å². The summed E-state index contributed by atoms with van der Waals surface area (Å²) in [6, 6.07) is 0. The number of hydrogen-bond acceptors (Lipinski definition) is 4. The van der Waals surface area contributed by atoms with E-state index in [-0.39, 0.29) is 11.8 Å². The fraction of sp³-hybridized carbons (Fsp3) is 0.750. The van der Waals surface area contributed by atoms with Crippen LogP contribution in [0.3, 0.4) is 0 Å². The number of rotatable bonds is 2. The summed E-state index contributed by atoms with van der Waals surface area (Å²) >= 11 is 0. The molecular weight excluding hydrogens is 199 g/mol. The Hall–Kier alpha value is -1.08. The van der Waals surface area contributed by atoms with Gasteiger partial charge < -0.3 is 19.5 Å². The predicted octanol–water partition coefficient (Wildman–Crippen LogP) is -1.28. The maximum atomic E-state index is 11.7. The average Bonchev–Trinajstić information content (AvgIpc) is 2.57. The van der Waals surface area contributed by atoms with Crippen LogP contribution < -0.4 is 5.32 Å². The van der Waals surface area contributed by atoms with E-state index in [2.05, 4.69) is 5.32 Å². The zero-order chi connectivity index (χ0) is 11.6. The maximum absolute atomic E-state index is 11.7. The Morgan fingerprint density at radius 2 is 1.80 bits per heavy atom. The van der Waals surface area contributed by atoms with Crippen LogP contribution in [0.1, 0.15) is 0 Å². The lowest BCUT2D eigenvalue weighted by atomic mass is 9.97. The Balaban J connectivity index is 2.77. The summed E-state index contributed by atoms with van der Waals surface area (Å²) in [6.45, 7) is 1.65. The second-order valence-corrected chi connectivity index (χ2v) is 3.53. The largest absolute Gasteiger partial charge is 0.454 e. The summed E-state index contributed by atoms with van der Waals surface area (Å²) in [6.07, 6.45) is -1.71. The molecule has 0 bridgehead atoms. The summed E-state index contributed by atoms with van der Waals surface area (Å²) in [7, 11) is 4.16. The molecule has 0 aromatic heterocycles. The molecule has 1 rings (SSSR count). The van der Waals surface area contributed by atoms with Crippen molar-refractivity contribution >= 4 is 18.9 Å². The van der Waals surface area contributed by atoms with Crippen molar-refractivity contribution in [3.63, 3.8) is 0 Å². The third kappa shape index (κ3) is 2.48. The van der Waals surface area contributed by atoms with Crippen molar-refractivity contribution in [3.8, 4) is 0 Å². The zero-order valence-corrected chi connectivity index (χ0v) is 9.31. The molecule has 84 valence electrons. The molecule has 0 aliphatic carbocycles. The highest BCUT2D eigenvalue weighted by Crippen LogP contribution is 2.18. The third-order valence-corrected chi connectivity index (χ3v) is 2.14. The quantitative estimate of drug-likeness (QED) is 0.581. The fourth-order valence-corrected chi connectivity index (χ4v) is 1.37. The van der Waals surface area contributed by atoms with Gasteiger partial charge in [-0.3, -0.25) is 9.59 Å². The molecule has 1 aliphatic rings. The molecule has 1 N–H and O–H groups in total. The van der Waals surface area contributed by atoms with E-state index >= 15 is 0 Å². The number of nitrogens with zero attached hydrogens (tertiary/aromatic N) is 1. The number of carbonyl (C=O) groups excluding carboxylic acids is 2. The minimum Gasteiger partial charge on any atom is -0.397 e. The first-order valence-corrected chi connectivity index (χ1v) is 4.71. The van der Waals surface area contributed by atoms with Gasteiger partial charge in [0.2, 0.25) is 0 Å². The van der Waals surface area contributed by atoms with Gasteiger partial charge in [-0.25, -0.2) is 0 Å². The SMILES string of the molecule is CNC(=O)C1OB(C)OC1C(=O)N(C)C. The van der Waals surface area contributed by atoms with Gasteiger partial charge in [0.05, 0.1) is 0 Å². The molecule has 0 spiro atoms. The Morgan fingerprint density at radius 1 is 1.27 bits per heavy atom. The van der Waals surface area contributed by atoms with Crippen molar-refractivity contribution in [2.24, 2.45) is 0 Å². The number of likely N-dealkylation sites (N-methyl/N-ethyl adjacent to an activating group) is 2. The van der Waals surface area contributed by atoms with Crippen molar-refractivity contribution in [1.29, 1.82) is 0 Å². The molecule has 0 aromatic carbocycles. The van der Waals surface area contributed by atoms with Gasteiger partial charge in [0.25, 0.3) is 11.8 Å². The Bertz CT molecular complexity index is 271. The zero-order valence-electron chi connectivity index (χ0n) is 9.31. The molecule has 0 aromatic rings. The molecule has 1 saturated heterocycles. The Morgan fingerprint density at radius 3 is 2.27 bits per heavy atom. The molecule has 2 amide bonds. The fourth-order valence-electron chi connectivity index (χ4n) is 1.37. The molecule has 1 aliphatic heterocycles. The molecule has 0 saturated carbocycles. The summed E-state index contributed by atoms with van der Waals surface area (Å²) in [5, 5.41) is 2.44. The lowest BCUT2D eigenvalue weighted by Crippen LogP contribution is -2.46. The van der Waals surface area contributed by atoms with E-state index in [9.17, 15) is 9.59 Å². The van der Waals surface area contributed by atoms with Crippen LogP contribution in [0.25, 0.3) is 0 Å². The van der Waals surface area contributed by atoms with Gasteiger partial charge in [-0.05, 0) is 6.82 Å². The maximum Gasteiger partial charge on any atom is 0.454 e. The standard InChI is InChI=1S/C8H15BN2O4/c1-9-14-5(7(12)10-2)6(15-9)8(13)11(3)4/h5-6H,1-4H3,(H,10,12). The average molecular weight is 214 g/mol. The van der Waals surface area contributed by atoms with E-state index in [1.165, 1.54) is 11.9 Å². The highest BCUT2D eigenvalue weighted by molar-refractivity contribution is 6.44. The molecule has 1 heterocycles. The highest BCUT2D eigenvalue weighted by Gasteiger charge is 2.45. The number of nitrogens with one attached hydrogen (secondary N) is 1. The Kier molecular flexibility index (Phi) is 3.70. The molecule has 2 atom stereocenters. The smallest absolute Gasteiger partial charge is 0.397 e. The predicted molar refractivity (Wildman–Crippen MR) is 54.1 cm³/mol. The van der Waals surface area contributed by atoms with Crippen molar-refractivity contribution < 1.29 is 18.9 Å². The van der Waals surface area contributed by atoms with Crippen LogP contribution in [-0.2, 0) is 18.9 Å². The monoisotopic (exact) mass is 214 g/mol. The van der Waals surface area contributed by atoms with Crippen LogP contribution in [0, 0.1) is 0 Å². The number of amides is 2. The molecule has 6 nitrogen and oxygen atoms in total. The molecule has 7 heteroatoms. The van der Waals surface area contributed by atoms with Gasteiger partial charge in [0.1, 0.15) is 0 Å². The third-order valence-electron chi connectivity index (χ3n) is 2.14. The van der Waals surface area contributed by atoms with Gasteiger partial charge in [-0.2, -0.15) is 0 Å². The lowest BCUT2D eigenvalue weighted by Gasteiger charge is -2.19. The molecule has 0 radical (unpaired) electrons. The van der Waals surface area contributed by atoms with Crippen LogP contribution in [0.5, 0.6) is 0 Å². The minimum atomic E-state index is -0.861. The molecular formula is C8H15BN2O4. The molecule has 15 heavy (non-hydrogen) atoms. The van der Waals surface area contributed by atoms with Crippen molar-refractivity contribution in [2.75, 3.05) is 21.1 Å². The van der Waals surface area contributed by atoms with Gasteiger partial charge in [0, 0.05) is 21.1 Å². The van der Waals surface area contributed by atoms with Gasteiger partial charge in [-0.15, -0.1) is 0 Å². The summed E-state index contributed by atoms with van der Waals surface area (Å²) < 4.78 is 10.5.